The van der Waals surface area contributed by atoms with Crippen molar-refractivity contribution in [2.75, 3.05) is 12.3 Å². The van der Waals surface area contributed by atoms with Gasteiger partial charge in [-0.15, -0.1) is 0 Å². The van der Waals surface area contributed by atoms with E-state index < -0.39 is 0 Å². The zero-order valence-electron chi connectivity index (χ0n) is 10.5. The van der Waals surface area contributed by atoms with Crippen LogP contribution in [-0.2, 0) is 0 Å². The fraction of sp³-hybridized carbons (Fsp3) is 0.917. The van der Waals surface area contributed by atoms with E-state index >= 15 is 0 Å². The number of nitrogens with zero attached hydrogens (tertiary/aromatic N) is 1. The first-order valence-electron chi connectivity index (χ1n) is 6.01. The molecule has 0 aromatic rings. The summed E-state index contributed by atoms with van der Waals surface area (Å²) in [6.07, 6.45) is 3.61. The number of nitrogens with one attached hydrogen (secondary N) is 1. The Balaban J connectivity index is 2.42. The van der Waals surface area contributed by atoms with Gasteiger partial charge in [-0.25, -0.2) is 0 Å². The molecule has 1 N–H and O–H groups in total. The van der Waals surface area contributed by atoms with Crippen LogP contribution in [0.15, 0.2) is 4.99 Å². The Kier molecular flexibility index (Phi) is 4.97. The van der Waals surface area contributed by atoms with E-state index in [1.54, 1.807) is 0 Å². The molecule has 0 saturated carbocycles. The van der Waals surface area contributed by atoms with E-state index in [-0.39, 0.29) is 5.54 Å². The highest BCUT2D eigenvalue weighted by molar-refractivity contribution is 8.13. The Morgan fingerprint density at radius 2 is 2.27 bits per heavy atom. The van der Waals surface area contributed by atoms with E-state index in [0.717, 1.165) is 17.6 Å². The van der Waals surface area contributed by atoms with Crippen LogP contribution in [0.1, 0.15) is 47.0 Å². The Morgan fingerprint density at radius 3 is 2.87 bits per heavy atom. The summed E-state index contributed by atoms with van der Waals surface area (Å²) in [6.45, 7) is 10.0. The van der Waals surface area contributed by atoms with Crippen molar-refractivity contribution in [3.63, 3.8) is 0 Å². The monoisotopic (exact) mass is 228 g/mol. The van der Waals surface area contributed by atoms with Crippen molar-refractivity contribution in [1.82, 2.24) is 5.32 Å². The van der Waals surface area contributed by atoms with Crippen LogP contribution < -0.4 is 5.32 Å². The molecule has 0 spiro atoms. The van der Waals surface area contributed by atoms with E-state index in [0.29, 0.717) is 0 Å². The molecule has 1 rings (SSSR count). The van der Waals surface area contributed by atoms with E-state index in [9.17, 15) is 0 Å². The average molecular weight is 228 g/mol. The van der Waals surface area contributed by atoms with Gasteiger partial charge < -0.3 is 5.32 Å². The molecule has 0 radical (unpaired) electrons. The summed E-state index contributed by atoms with van der Waals surface area (Å²) in [5.74, 6) is 1.96. The first kappa shape index (κ1) is 12.9. The van der Waals surface area contributed by atoms with Crippen LogP contribution in [0.25, 0.3) is 0 Å². The van der Waals surface area contributed by atoms with Crippen LogP contribution in [0.3, 0.4) is 0 Å². The molecule has 1 aliphatic heterocycles. The molecule has 0 aliphatic carbocycles. The third-order valence-electron chi connectivity index (χ3n) is 3.04. The lowest BCUT2D eigenvalue weighted by Crippen LogP contribution is -2.48. The quantitative estimate of drug-likeness (QED) is 0.798. The summed E-state index contributed by atoms with van der Waals surface area (Å²) >= 11 is 1.87. The van der Waals surface area contributed by atoms with Crippen molar-refractivity contribution in [3.05, 3.63) is 0 Å². The molecule has 0 aromatic heterocycles. The van der Waals surface area contributed by atoms with Crippen molar-refractivity contribution in [2.24, 2.45) is 10.9 Å². The third-order valence-corrected chi connectivity index (χ3v) is 3.96. The lowest BCUT2D eigenvalue weighted by Gasteiger charge is -2.35. The first-order chi connectivity index (χ1) is 7.06. The number of aliphatic imine (C=N–C) groups is 1. The lowest BCUT2D eigenvalue weighted by atomic mass is 9.96. The second kappa shape index (κ2) is 5.78. The number of hydrogen-bond acceptors (Lipinski definition) is 2. The highest BCUT2D eigenvalue weighted by Gasteiger charge is 2.27. The minimum Gasteiger partial charge on any atom is -0.360 e. The summed E-state index contributed by atoms with van der Waals surface area (Å²) in [7, 11) is 0. The molecule has 1 aliphatic rings. The lowest BCUT2D eigenvalue weighted by molar-refractivity contribution is 0.389. The van der Waals surface area contributed by atoms with Gasteiger partial charge in [0, 0.05) is 17.8 Å². The zero-order chi connectivity index (χ0) is 11.3. The largest absolute Gasteiger partial charge is 0.360 e. The van der Waals surface area contributed by atoms with Crippen LogP contribution in [0.2, 0.25) is 0 Å². The predicted molar refractivity (Wildman–Crippen MR) is 70.7 cm³/mol. The Bertz CT molecular complexity index is 226. The van der Waals surface area contributed by atoms with Gasteiger partial charge >= 0.3 is 0 Å². The minimum atomic E-state index is 0.280. The summed E-state index contributed by atoms with van der Waals surface area (Å²) < 4.78 is 0. The van der Waals surface area contributed by atoms with Gasteiger partial charge in [-0.2, -0.15) is 0 Å². The maximum atomic E-state index is 4.64. The Labute approximate surface area is 98.3 Å². The predicted octanol–water partition coefficient (Wildman–Crippen LogP) is 3.28. The van der Waals surface area contributed by atoms with Crippen molar-refractivity contribution >= 4 is 16.9 Å². The van der Waals surface area contributed by atoms with Gasteiger partial charge in [-0.1, -0.05) is 32.5 Å². The van der Waals surface area contributed by atoms with Crippen LogP contribution in [-0.4, -0.2) is 23.0 Å². The van der Waals surface area contributed by atoms with Crippen molar-refractivity contribution in [1.29, 1.82) is 0 Å². The molecule has 0 amide bonds. The smallest absolute Gasteiger partial charge is 0.156 e. The Hall–Kier alpha value is -0.180. The molecule has 0 bridgehead atoms. The molecule has 1 fully saturated rings. The third kappa shape index (κ3) is 4.45. The molecule has 3 heteroatoms. The number of amidine groups is 1. The topological polar surface area (TPSA) is 24.4 Å². The van der Waals surface area contributed by atoms with Gasteiger partial charge in [-0.3, -0.25) is 4.99 Å². The highest BCUT2D eigenvalue weighted by atomic mass is 32.2. The minimum absolute atomic E-state index is 0.280. The highest BCUT2D eigenvalue weighted by Crippen LogP contribution is 2.24. The maximum Gasteiger partial charge on any atom is 0.156 e. The summed E-state index contributed by atoms with van der Waals surface area (Å²) in [4.78, 5) is 4.64. The zero-order valence-corrected chi connectivity index (χ0v) is 11.3. The van der Waals surface area contributed by atoms with Crippen LogP contribution in [0.5, 0.6) is 0 Å². The van der Waals surface area contributed by atoms with Crippen molar-refractivity contribution in [3.8, 4) is 0 Å². The molecule has 0 aromatic carbocycles. The molecule has 1 atom stereocenters. The first-order valence-corrected chi connectivity index (χ1v) is 7.00. The standard InChI is InChI=1S/C12H24N2S/c1-5-12(4)7-9-15-11(14-12)13-8-6-10(2)3/h10H,5-9H2,1-4H3,(H,13,14). The average Bonchev–Trinajstić information content (AvgIpc) is 2.17. The summed E-state index contributed by atoms with van der Waals surface area (Å²) in [5, 5.41) is 4.72. The number of thioether (sulfide) groups is 1. The van der Waals surface area contributed by atoms with Gasteiger partial charge in [0.05, 0.1) is 0 Å². The SMILES string of the molecule is CCC1(C)CCSC(=NCCC(C)C)N1. The molecule has 1 saturated heterocycles. The molecule has 2 nitrogen and oxygen atoms in total. The second-order valence-electron chi connectivity index (χ2n) is 5.01. The maximum absolute atomic E-state index is 4.64. The van der Waals surface area contributed by atoms with Gasteiger partial charge in [0.1, 0.15) is 0 Å². The fourth-order valence-electron chi connectivity index (χ4n) is 1.50. The molecule has 15 heavy (non-hydrogen) atoms. The van der Waals surface area contributed by atoms with Crippen LogP contribution >= 0.6 is 11.8 Å². The van der Waals surface area contributed by atoms with E-state index in [4.69, 9.17) is 0 Å². The molecular weight excluding hydrogens is 204 g/mol. The van der Waals surface area contributed by atoms with E-state index in [1.165, 1.54) is 25.0 Å². The molecule has 88 valence electrons. The van der Waals surface area contributed by atoms with Gasteiger partial charge in [0.15, 0.2) is 5.17 Å². The van der Waals surface area contributed by atoms with Crippen LogP contribution in [0.4, 0.5) is 0 Å². The Morgan fingerprint density at radius 1 is 1.53 bits per heavy atom. The van der Waals surface area contributed by atoms with E-state index in [2.05, 4.69) is 38.0 Å². The van der Waals surface area contributed by atoms with E-state index in [1.807, 2.05) is 11.8 Å². The van der Waals surface area contributed by atoms with Crippen molar-refractivity contribution < 1.29 is 0 Å². The molecule has 1 unspecified atom stereocenters. The van der Waals surface area contributed by atoms with Gasteiger partial charge in [-0.05, 0) is 32.1 Å². The molecule has 1 heterocycles. The number of rotatable bonds is 4. The second-order valence-corrected chi connectivity index (χ2v) is 6.09. The fourth-order valence-corrected chi connectivity index (χ4v) is 2.75. The normalized spacial score (nSPS) is 29.5. The van der Waals surface area contributed by atoms with Crippen LogP contribution in [0, 0.1) is 5.92 Å². The van der Waals surface area contributed by atoms with Crippen molar-refractivity contribution in [2.45, 2.75) is 52.5 Å². The summed E-state index contributed by atoms with van der Waals surface area (Å²) in [6, 6.07) is 0. The van der Waals surface area contributed by atoms with Gasteiger partial charge in [0.25, 0.3) is 0 Å². The molecular formula is C12H24N2S. The van der Waals surface area contributed by atoms with Gasteiger partial charge in [0.2, 0.25) is 0 Å². The number of hydrogen-bond donors (Lipinski definition) is 1. The summed E-state index contributed by atoms with van der Waals surface area (Å²) in [5.41, 5.74) is 0.280.